The molecular weight excluding hydrogens is 434 g/mol. The first-order valence-electron chi connectivity index (χ1n) is 12.1. The van der Waals surface area contributed by atoms with Gasteiger partial charge in [0.1, 0.15) is 11.9 Å². The van der Waals surface area contributed by atoms with Gasteiger partial charge < -0.3 is 15.2 Å². The second-order valence-corrected chi connectivity index (χ2v) is 9.47. The number of nitrogens with one attached hydrogen (secondary N) is 1. The number of rotatable bonds is 8. The lowest BCUT2D eigenvalue weighted by Gasteiger charge is -2.33. The number of benzene rings is 3. The first-order chi connectivity index (χ1) is 16.8. The van der Waals surface area contributed by atoms with Gasteiger partial charge in [-0.1, -0.05) is 72.8 Å². The fourth-order valence-corrected chi connectivity index (χ4v) is 4.79. The summed E-state index contributed by atoms with van der Waals surface area (Å²) in [6.07, 6.45) is 4.05. The van der Waals surface area contributed by atoms with Gasteiger partial charge in [0.2, 0.25) is 0 Å². The summed E-state index contributed by atoms with van der Waals surface area (Å²) >= 11 is 0. The monoisotopic (exact) mass is 467 g/mol. The minimum Gasteiger partial charge on any atom is -0.489 e. The van der Waals surface area contributed by atoms with Crippen LogP contribution in [-0.2, 0) is 4.79 Å². The largest absolute Gasteiger partial charge is 0.489 e. The Bertz CT molecular complexity index is 1290. The van der Waals surface area contributed by atoms with Crippen LogP contribution in [0.4, 0.5) is 0 Å². The fourth-order valence-electron chi connectivity index (χ4n) is 4.79. The number of fused-ring (bicyclic) bond motifs is 2. The van der Waals surface area contributed by atoms with Crippen LogP contribution in [0.5, 0.6) is 5.75 Å². The molecule has 4 rings (SSSR count). The van der Waals surface area contributed by atoms with Crippen molar-refractivity contribution >= 4 is 16.7 Å². The number of hydrogen-bond donors (Lipinski definition) is 2. The molecule has 4 nitrogen and oxygen atoms in total. The molecule has 0 radical (unpaired) electrons. The number of para-hydroxylation sites is 1. The number of carbonyl (C=O) groups is 1. The van der Waals surface area contributed by atoms with E-state index in [1.807, 2.05) is 38.1 Å². The number of carboxylic acid groups (broad SMARTS) is 1. The van der Waals surface area contributed by atoms with E-state index in [-0.39, 0.29) is 23.6 Å². The molecule has 0 saturated carbocycles. The zero-order valence-corrected chi connectivity index (χ0v) is 20.6. The molecule has 0 spiro atoms. The molecular formula is C31H33NO3. The molecule has 0 saturated heterocycles. The summed E-state index contributed by atoms with van der Waals surface area (Å²) in [5.41, 5.74) is 4.27. The van der Waals surface area contributed by atoms with Crippen molar-refractivity contribution in [3.63, 3.8) is 0 Å². The van der Waals surface area contributed by atoms with Gasteiger partial charge in [0.15, 0.2) is 0 Å². The van der Waals surface area contributed by atoms with Crippen molar-refractivity contribution in [2.24, 2.45) is 0 Å². The van der Waals surface area contributed by atoms with Crippen LogP contribution >= 0.6 is 0 Å². The van der Waals surface area contributed by atoms with Crippen molar-refractivity contribution in [2.75, 3.05) is 6.54 Å². The Hall–Kier alpha value is -3.63. The summed E-state index contributed by atoms with van der Waals surface area (Å²) in [5.74, 6) is -0.128. The summed E-state index contributed by atoms with van der Waals surface area (Å²) in [6, 6.07) is 23.0. The maximum absolute atomic E-state index is 11.8. The predicted octanol–water partition coefficient (Wildman–Crippen LogP) is 6.96. The number of hydrogen-bond acceptors (Lipinski definition) is 3. The first kappa shape index (κ1) is 24.5. The molecule has 3 aromatic carbocycles. The van der Waals surface area contributed by atoms with Gasteiger partial charge in [-0.05, 0) is 67.3 Å². The third kappa shape index (κ3) is 5.72. The van der Waals surface area contributed by atoms with E-state index in [2.05, 4.69) is 61.3 Å². The molecule has 1 aliphatic rings. The lowest BCUT2D eigenvalue weighted by Crippen LogP contribution is -2.37. The second kappa shape index (κ2) is 10.7. The lowest BCUT2D eigenvalue weighted by molar-refractivity contribution is -0.132. The van der Waals surface area contributed by atoms with E-state index >= 15 is 0 Å². The zero-order valence-electron chi connectivity index (χ0n) is 20.6. The van der Waals surface area contributed by atoms with Gasteiger partial charge in [0.05, 0.1) is 5.57 Å². The molecule has 0 aromatic heterocycles. The van der Waals surface area contributed by atoms with Crippen LogP contribution < -0.4 is 10.1 Å². The van der Waals surface area contributed by atoms with E-state index in [0.717, 1.165) is 28.9 Å². The fraction of sp³-hybridized carbons (Fsp3) is 0.258. The van der Waals surface area contributed by atoms with Crippen molar-refractivity contribution in [2.45, 2.75) is 45.3 Å². The summed E-state index contributed by atoms with van der Waals surface area (Å²) in [4.78, 5) is 11.8. The van der Waals surface area contributed by atoms with Gasteiger partial charge in [-0.2, -0.15) is 0 Å². The summed E-state index contributed by atoms with van der Waals surface area (Å²) in [6.45, 7) is 10.9. The molecule has 3 aromatic rings. The first-order valence-corrected chi connectivity index (χ1v) is 12.1. The summed E-state index contributed by atoms with van der Waals surface area (Å²) in [5, 5.41) is 15.8. The Morgan fingerprint density at radius 1 is 1.09 bits per heavy atom. The Morgan fingerprint density at radius 3 is 2.57 bits per heavy atom. The van der Waals surface area contributed by atoms with Crippen LogP contribution in [-0.4, -0.2) is 23.7 Å². The molecule has 180 valence electrons. The van der Waals surface area contributed by atoms with E-state index in [4.69, 9.17) is 4.74 Å². The minimum absolute atomic E-state index is 0.0143. The molecule has 0 aliphatic carbocycles. The molecule has 4 heteroatoms. The molecule has 0 amide bonds. The van der Waals surface area contributed by atoms with Gasteiger partial charge in [-0.3, -0.25) is 0 Å². The SMILES string of the molecule is C=C(/C=C(\C=C(C)C)C(=O)O)[C@@H]1C[C@H](CN[C@H](C)c2cccc3ccccc23)Oc2ccccc21. The Labute approximate surface area is 207 Å². The van der Waals surface area contributed by atoms with Gasteiger partial charge >= 0.3 is 5.97 Å². The highest BCUT2D eigenvalue weighted by Crippen LogP contribution is 2.40. The molecule has 35 heavy (non-hydrogen) atoms. The normalized spacial score (nSPS) is 18.3. The Morgan fingerprint density at radius 2 is 1.80 bits per heavy atom. The lowest BCUT2D eigenvalue weighted by atomic mass is 9.83. The van der Waals surface area contributed by atoms with E-state index in [0.29, 0.717) is 6.54 Å². The number of allylic oxidation sites excluding steroid dienone is 3. The number of ether oxygens (including phenoxy) is 1. The molecule has 0 bridgehead atoms. The number of aliphatic carboxylic acids is 1. The van der Waals surface area contributed by atoms with Crippen molar-refractivity contribution < 1.29 is 14.6 Å². The minimum atomic E-state index is -0.949. The van der Waals surface area contributed by atoms with Crippen molar-refractivity contribution in [1.82, 2.24) is 5.32 Å². The van der Waals surface area contributed by atoms with Gasteiger partial charge in [0.25, 0.3) is 0 Å². The molecule has 1 heterocycles. The highest BCUT2D eigenvalue weighted by atomic mass is 16.5. The average Bonchev–Trinajstić information content (AvgIpc) is 2.85. The van der Waals surface area contributed by atoms with Crippen LogP contribution in [0, 0.1) is 0 Å². The van der Waals surface area contributed by atoms with Crippen LogP contribution in [0.15, 0.2) is 102 Å². The van der Waals surface area contributed by atoms with Gasteiger partial charge in [-0.25, -0.2) is 4.79 Å². The van der Waals surface area contributed by atoms with Crippen molar-refractivity contribution in [1.29, 1.82) is 0 Å². The molecule has 2 N–H and O–H groups in total. The Kier molecular flexibility index (Phi) is 7.52. The molecule has 3 atom stereocenters. The quantitative estimate of drug-likeness (QED) is 0.278. The van der Waals surface area contributed by atoms with Crippen LogP contribution in [0.2, 0.25) is 0 Å². The summed E-state index contributed by atoms with van der Waals surface area (Å²) < 4.78 is 6.35. The van der Waals surface area contributed by atoms with E-state index < -0.39 is 5.97 Å². The van der Waals surface area contributed by atoms with Crippen LogP contribution in [0.3, 0.4) is 0 Å². The van der Waals surface area contributed by atoms with Gasteiger partial charge in [-0.15, -0.1) is 0 Å². The number of carboxylic acids is 1. The van der Waals surface area contributed by atoms with Crippen LogP contribution in [0.25, 0.3) is 10.8 Å². The Balaban J connectivity index is 1.54. The van der Waals surface area contributed by atoms with Crippen molar-refractivity contribution in [3.8, 4) is 5.75 Å². The smallest absolute Gasteiger partial charge is 0.335 e. The maximum atomic E-state index is 11.8. The van der Waals surface area contributed by atoms with Crippen molar-refractivity contribution in [3.05, 3.63) is 113 Å². The van der Waals surface area contributed by atoms with Gasteiger partial charge in [0, 0.05) is 24.1 Å². The summed E-state index contributed by atoms with van der Waals surface area (Å²) in [7, 11) is 0. The zero-order chi connectivity index (χ0) is 24.9. The predicted molar refractivity (Wildman–Crippen MR) is 143 cm³/mol. The third-order valence-electron chi connectivity index (χ3n) is 6.51. The highest BCUT2D eigenvalue weighted by molar-refractivity contribution is 5.90. The van der Waals surface area contributed by atoms with Crippen LogP contribution in [0.1, 0.15) is 50.3 Å². The second-order valence-electron chi connectivity index (χ2n) is 9.47. The highest BCUT2D eigenvalue weighted by Gasteiger charge is 2.30. The molecule has 1 aliphatic heterocycles. The molecule has 0 fully saturated rings. The standard InChI is InChI=1S/C31H33NO3/c1-20(2)16-24(31(33)34)17-21(3)29-18-25(35-30-15-8-7-13-28(29)30)19-32-22(4)26-14-9-11-23-10-5-6-12-27(23)26/h5-17,22,25,29,32H,3,18-19H2,1-2,4H3,(H,33,34)/b24-17+/t22-,25-,29+/m1/s1. The topological polar surface area (TPSA) is 58.6 Å². The average molecular weight is 468 g/mol. The van der Waals surface area contributed by atoms with E-state index in [9.17, 15) is 9.90 Å². The third-order valence-corrected chi connectivity index (χ3v) is 6.51. The molecule has 0 unspecified atom stereocenters. The van der Waals surface area contributed by atoms with E-state index in [1.54, 1.807) is 12.2 Å². The van der Waals surface area contributed by atoms with E-state index in [1.165, 1.54) is 16.3 Å². The maximum Gasteiger partial charge on any atom is 0.335 e.